The Morgan fingerprint density at radius 3 is 2.33 bits per heavy atom. The van der Waals surface area contributed by atoms with Gasteiger partial charge in [-0.1, -0.05) is 12.1 Å². The SMILES string of the molecule is CCN(C(=O)CN(C(C)=O)c1ccc2c(c1)OCCO2)c1cccc(C)c1. The molecule has 1 heterocycles. The summed E-state index contributed by atoms with van der Waals surface area (Å²) in [6.45, 7) is 6.80. The minimum absolute atomic E-state index is 0.0449. The van der Waals surface area contributed by atoms with Crippen molar-refractivity contribution in [2.75, 3.05) is 36.1 Å². The second kappa shape index (κ2) is 8.12. The van der Waals surface area contributed by atoms with Gasteiger partial charge in [-0.3, -0.25) is 9.59 Å². The van der Waals surface area contributed by atoms with Gasteiger partial charge in [0.2, 0.25) is 11.8 Å². The summed E-state index contributed by atoms with van der Waals surface area (Å²) in [6.07, 6.45) is 0. The quantitative estimate of drug-likeness (QED) is 0.813. The second-order valence-electron chi connectivity index (χ2n) is 6.41. The highest BCUT2D eigenvalue weighted by Crippen LogP contribution is 2.34. The number of rotatable bonds is 5. The Bertz CT molecular complexity index is 850. The lowest BCUT2D eigenvalue weighted by molar-refractivity contribution is -0.121. The van der Waals surface area contributed by atoms with Crippen molar-refractivity contribution >= 4 is 23.2 Å². The Morgan fingerprint density at radius 1 is 0.963 bits per heavy atom. The summed E-state index contributed by atoms with van der Waals surface area (Å²) < 4.78 is 11.1. The number of carbonyl (C=O) groups excluding carboxylic acids is 2. The predicted molar refractivity (Wildman–Crippen MR) is 105 cm³/mol. The summed E-state index contributed by atoms with van der Waals surface area (Å²) in [5.41, 5.74) is 2.52. The molecule has 0 aromatic heterocycles. The molecular weight excluding hydrogens is 344 g/mol. The number of hydrogen-bond acceptors (Lipinski definition) is 4. The van der Waals surface area contributed by atoms with Crippen LogP contribution in [0.15, 0.2) is 42.5 Å². The number of nitrogens with zero attached hydrogens (tertiary/aromatic N) is 2. The monoisotopic (exact) mass is 368 g/mol. The van der Waals surface area contributed by atoms with Gasteiger partial charge >= 0.3 is 0 Å². The third-order valence-corrected chi connectivity index (χ3v) is 4.44. The summed E-state index contributed by atoms with van der Waals surface area (Å²) in [7, 11) is 0. The van der Waals surface area contributed by atoms with E-state index in [0.717, 1.165) is 11.3 Å². The summed E-state index contributed by atoms with van der Waals surface area (Å²) in [4.78, 5) is 28.3. The average Bonchev–Trinajstić information content (AvgIpc) is 2.66. The van der Waals surface area contributed by atoms with Gasteiger partial charge < -0.3 is 19.3 Å². The molecule has 0 N–H and O–H groups in total. The van der Waals surface area contributed by atoms with Crippen LogP contribution in [0.25, 0.3) is 0 Å². The van der Waals surface area contributed by atoms with Crippen molar-refractivity contribution in [2.45, 2.75) is 20.8 Å². The van der Waals surface area contributed by atoms with Crippen molar-refractivity contribution in [2.24, 2.45) is 0 Å². The molecule has 1 aliphatic rings. The van der Waals surface area contributed by atoms with Crippen LogP contribution < -0.4 is 19.3 Å². The van der Waals surface area contributed by atoms with E-state index in [2.05, 4.69) is 0 Å². The molecule has 27 heavy (non-hydrogen) atoms. The molecule has 1 aliphatic heterocycles. The largest absolute Gasteiger partial charge is 0.486 e. The number of ether oxygens (including phenoxy) is 2. The van der Waals surface area contributed by atoms with Gasteiger partial charge in [-0.15, -0.1) is 0 Å². The van der Waals surface area contributed by atoms with Crippen LogP contribution >= 0.6 is 0 Å². The van der Waals surface area contributed by atoms with Crippen LogP contribution in [0.4, 0.5) is 11.4 Å². The van der Waals surface area contributed by atoms with E-state index in [4.69, 9.17) is 9.47 Å². The van der Waals surface area contributed by atoms with Crippen LogP contribution in [-0.2, 0) is 9.59 Å². The number of hydrogen-bond donors (Lipinski definition) is 0. The highest BCUT2D eigenvalue weighted by atomic mass is 16.6. The molecule has 2 amide bonds. The molecule has 6 nitrogen and oxygen atoms in total. The Kier molecular flexibility index (Phi) is 5.64. The molecule has 0 saturated heterocycles. The highest BCUT2D eigenvalue weighted by molar-refractivity contribution is 6.03. The van der Waals surface area contributed by atoms with Crippen molar-refractivity contribution < 1.29 is 19.1 Å². The molecule has 2 aromatic carbocycles. The van der Waals surface area contributed by atoms with Gasteiger partial charge in [-0.05, 0) is 43.7 Å². The molecular formula is C21H24N2O4. The van der Waals surface area contributed by atoms with Crippen molar-refractivity contribution in [1.29, 1.82) is 0 Å². The average molecular weight is 368 g/mol. The lowest BCUT2D eigenvalue weighted by atomic mass is 10.2. The Labute approximate surface area is 159 Å². The molecule has 0 unspecified atom stereocenters. The highest BCUT2D eigenvalue weighted by Gasteiger charge is 2.22. The normalized spacial score (nSPS) is 12.4. The Hall–Kier alpha value is -3.02. The van der Waals surface area contributed by atoms with Gasteiger partial charge in [0.15, 0.2) is 11.5 Å². The topological polar surface area (TPSA) is 59.1 Å². The van der Waals surface area contributed by atoms with Crippen LogP contribution in [0.3, 0.4) is 0 Å². The molecule has 0 fully saturated rings. The van der Waals surface area contributed by atoms with Gasteiger partial charge in [0.1, 0.15) is 19.8 Å². The molecule has 0 spiro atoms. The van der Waals surface area contributed by atoms with Gasteiger partial charge in [-0.2, -0.15) is 0 Å². The fraction of sp³-hybridized carbons (Fsp3) is 0.333. The van der Waals surface area contributed by atoms with E-state index in [9.17, 15) is 9.59 Å². The fourth-order valence-electron chi connectivity index (χ4n) is 3.10. The Balaban J connectivity index is 1.83. The third kappa shape index (κ3) is 4.22. The lowest BCUT2D eigenvalue weighted by Crippen LogP contribution is -2.42. The number of aryl methyl sites for hydroxylation is 1. The van der Waals surface area contributed by atoms with Gasteiger partial charge in [0.25, 0.3) is 0 Å². The van der Waals surface area contributed by atoms with Crippen LogP contribution in [0.5, 0.6) is 11.5 Å². The smallest absolute Gasteiger partial charge is 0.247 e. The maximum atomic E-state index is 12.9. The van der Waals surface area contributed by atoms with Crippen LogP contribution in [-0.4, -0.2) is 38.1 Å². The minimum atomic E-state index is -0.208. The molecule has 0 saturated carbocycles. The number of likely N-dealkylation sites (N-methyl/N-ethyl adjacent to an activating group) is 1. The second-order valence-corrected chi connectivity index (χ2v) is 6.41. The van der Waals surface area contributed by atoms with Gasteiger partial charge in [0, 0.05) is 30.9 Å². The maximum Gasteiger partial charge on any atom is 0.247 e. The van der Waals surface area contributed by atoms with Gasteiger partial charge in [-0.25, -0.2) is 0 Å². The first-order chi connectivity index (χ1) is 13.0. The van der Waals surface area contributed by atoms with E-state index < -0.39 is 0 Å². The fourth-order valence-corrected chi connectivity index (χ4v) is 3.10. The molecule has 0 atom stereocenters. The van der Waals surface area contributed by atoms with Crippen molar-refractivity contribution in [3.8, 4) is 11.5 Å². The maximum absolute atomic E-state index is 12.9. The van der Waals surface area contributed by atoms with Crippen LogP contribution in [0.1, 0.15) is 19.4 Å². The van der Waals surface area contributed by atoms with Crippen molar-refractivity contribution in [3.05, 3.63) is 48.0 Å². The number of anilines is 2. The van der Waals surface area contributed by atoms with E-state index in [-0.39, 0.29) is 18.4 Å². The number of carbonyl (C=O) groups is 2. The molecule has 3 rings (SSSR count). The van der Waals surface area contributed by atoms with E-state index in [1.54, 1.807) is 23.1 Å². The van der Waals surface area contributed by atoms with E-state index >= 15 is 0 Å². The zero-order valence-corrected chi connectivity index (χ0v) is 15.9. The zero-order chi connectivity index (χ0) is 19.4. The minimum Gasteiger partial charge on any atom is -0.486 e. The zero-order valence-electron chi connectivity index (χ0n) is 15.9. The molecule has 0 radical (unpaired) electrons. The summed E-state index contributed by atoms with van der Waals surface area (Å²) in [5, 5.41) is 0. The van der Waals surface area contributed by atoms with E-state index in [1.807, 2.05) is 38.1 Å². The van der Waals surface area contributed by atoms with Crippen LogP contribution in [0, 0.1) is 6.92 Å². The summed E-state index contributed by atoms with van der Waals surface area (Å²) >= 11 is 0. The molecule has 2 aromatic rings. The molecule has 0 bridgehead atoms. The Morgan fingerprint density at radius 2 is 1.67 bits per heavy atom. The van der Waals surface area contributed by atoms with Crippen molar-refractivity contribution in [3.63, 3.8) is 0 Å². The van der Waals surface area contributed by atoms with Crippen molar-refractivity contribution in [1.82, 2.24) is 0 Å². The van der Waals surface area contributed by atoms with Crippen LogP contribution in [0.2, 0.25) is 0 Å². The first-order valence-corrected chi connectivity index (χ1v) is 9.04. The number of amides is 2. The molecule has 142 valence electrons. The molecule has 0 aliphatic carbocycles. The number of fused-ring (bicyclic) bond motifs is 1. The summed E-state index contributed by atoms with van der Waals surface area (Å²) in [6, 6.07) is 13.0. The predicted octanol–water partition coefficient (Wildman–Crippen LogP) is 3.17. The third-order valence-electron chi connectivity index (χ3n) is 4.44. The first kappa shape index (κ1) is 18.8. The first-order valence-electron chi connectivity index (χ1n) is 9.04. The van der Waals surface area contributed by atoms with E-state index in [0.29, 0.717) is 36.9 Å². The summed E-state index contributed by atoms with van der Waals surface area (Å²) in [5.74, 6) is 0.881. The number of benzene rings is 2. The van der Waals surface area contributed by atoms with Gasteiger partial charge in [0.05, 0.1) is 0 Å². The molecule has 6 heteroatoms. The standard InChI is InChI=1S/C21H24N2O4/c1-4-22(17-7-5-6-15(2)12-17)21(25)14-23(16(3)24)18-8-9-19-20(13-18)27-11-10-26-19/h5-9,12-13H,4,10-11,14H2,1-3H3. The van der Waals surface area contributed by atoms with E-state index in [1.165, 1.54) is 11.8 Å². The lowest BCUT2D eigenvalue weighted by Gasteiger charge is -2.27.